The number of hydrogen-bond acceptors (Lipinski definition) is 3. The number of carbonyl (C=O) groups is 2. The van der Waals surface area contributed by atoms with E-state index in [-0.39, 0.29) is 0 Å². The van der Waals surface area contributed by atoms with Crippen molar-refractivity contribution in [1.29, 1.82) is 0 Å². The van der Waals surface area contributed by atoms with Gasteiger partial charge in [0, 0.05) is 12.4 Å². The smallest absolute Gasteiger partial charge is 0.450 e. The Labute approximate surface area is 72.1 Å². The minimum atomic E-state index is -1.83. The standard InChI is InChI=1S/C3H4N2.2CH2O3/c1-2-4-5-3-1;2*2-1(3)4/h1-3H,(H,4,5);2*(H2,2,3,4). The van der Waals surface area contributed by atoms with E-state index >= 15 is 0 Å². The molecule has 0 aromatic carbocycles. The third-order valence-electron chi connectivity index (χ3n) is 0.406. The number of carboxylic acid groups (broad SMARTS) is 4. The van der Waals surface area contributed by atoms with Gasteiger partial charge in [0.1, 0.15) is 0 Å². The van der Waals surface area contributed by atoms with Crippen LogP contribution >= 0.6 is 0 Å². The highest BCUT2D eigenvalue weighted by Gasteiger charge is 1.70. The Balaban J connectivity index is 0. The van der Waals surface area contributed by atoms with Gasteiger partial charge in [-0.05, 0) is 6.07 Å². The van der Waals surface area contributed by atoms with Crippen LogP contribution in [-0.2, 0) is 0 Å². The molecule has 1 aromatic heterocycles. The summed E-state index contributed by atoms with van der Waals surface area (Å²) < 4.78 is 0. The van der Waals surface area contributed by atoms with Gasteiger partial charge in [0.25, 0.3) is 0 Å². The molecule has 0 amide bonds. The zero-order valence-corrected chi connectivity index (χ0v) is 6.28. The minimum Gasteiger partial charge on any atom is -0.450 e. The van der Waals surface area contributed by atoms with Crippen molar-refractivity contribution in [2.45, 2.75) is 0 Å². The maximum atomic E-state index is 8.56. The highest BCUT2D eigenvalue weighted by Crippen LogP contribution is 1.64. The lowest BCUT2D eigenvalue weighted by Crippen LogP contribution is -1.81. The Morgan fingerprint density at radius 3 is 1.54 bits per heavy atom. The second-order valence-corrected chi connectivity index (χ2v) is 1.33. The summed E-state index contributed by atoms with van der Waals surface area (Å²) >= 11 is 0. The van der Waals surface area contributed by atoms with E-state index in [1.54, 1.807) is 12.4 Å². The van der Waals surface area contributed by atoms with Gasteiger partial charge in [0.2, 0.25) is 0 Å². The third kappa shape index (κ3) is 77.4. The molecule has 0 atom stereocenters. The largest absolute Gasteiger partial charge is 0.503 e. The first-order valence-electron chi connectivity index (χ1n) is 2.74. The Hall–Kier alpha value is -2.25. The van der Waals surface area contributed by atoms with Crippen molar-refractivity contribution in [3.63, 3.8) is 0 Å². The maximum absolute atomic E-state index is 8.56. The van der Waals surface area contributed by atoms with Crippen LogP contribution in [0, 0.1) is 0 Å². The summed E-state index contributed by atoms with van der Waals surface area (Å²) in [5.41, 5.74) is 0. The quantitative estimate of drug-likeness (QED) is 0.409. The van der Waals surface area contributed by atoms with Crippen LogP contribution < -0.4 is 0 Å². The second kappa shape index (κ2) is 9.75. The molecular weight excluding hydrogens is 184 g/mol. The molecule has 74 valence electrons. The number of rotatable bonds is 0. The molecule has 0 aliphatic heterocycles. The Morgan fingerprint density at radius 1 is 1.08 bits per heavy atom. The number of nitrogens with zero attached hydrogens (tertiary/aromatic N) is 1. The van der Waals surface area contributed by atoms with Crippen LogP contribution in [0.5, 0.6) is 0 Å². The summed E-state index contributed by atoms with van der Waals surface area (Å²) in [5, 5.41) is 34.1. The zero-order chi connectivity index (χ0) is 10.7. The van der Waals surface area contributed by atoms with Crippen LogP contribution in [0.4, 0.5) is 9.59 Å². The molecule has 1 aromatic rings. The van der Waals surface area contributed by atoms with Gasteiger partial charge in [0.05, 0.1) is 0 Å². The lowest BCUT2D eigenvalue weighted by molar-refractivity contribution is 0.135. The van der Waals surface area contributed by atoms with Crippen LogP contribution in [0.15, 0.2) is 18.5 Å². The lowest BCUT2D eigenvalue weighted by Gasteiger charge is -1.60. The molecule has 0 spiro atoms. The first kappa shape index (κ1) is 13.3. The van der Waals surface area contributed by atoms with Crippen molar-refractivity contribution in [3.8, 4) is 0 Å². The maximum Gasteiger partial charge on any atom is 0.503 e. The lowest BCUT2D eigenvalue weighted by atomic mass is 10.8. The van der Waals surface area contributed by atoms with Gasteiger partial charge in [-0.2, -0.15) is 5.10 Å². The van der Waals surface area contributed by atoms with Crippen LogP contribution in [0.2, 0.25) is 0 Å². The number of H-pyrrole nitrogens is 1. The Bertz CT molecular complexity index is 184. The van der Waals surface area contributed by atoms with Gasteiger partial charge < -0.3 is 20.4 Å². The fourth-order valence-electron chi connectivity index (χ4n) is 0.215. The third-order valence-corrected chi connectivity index (χ3v) is 0.406. The van der Waals surface area contributed by atoms with Crippen LogP contribution in [-0.4, -0.2) is 42.9 Å². The molecule has 1 heterocycles. The second-order valence-electron chi connectivity index (χ2n) is 1.33. The predicted octanol–water partition coefficient (Wildman–Crippen LogP) is 0.854. The Kier molecular flexibility index (Phi) is 10.0. The fraction of sp³-hybridized carbons (Fsp3) is 0. The summed E-state index contributed by atoms with van der Waals surface area (Å²) in [6.07, 6.45) is -0.208. The van der Waals surface area contributed by atoms with E-state index in [1.807, 2.05) is 6.07 Å². The monoisotopic (exact) mass is 192 g/mol. The first-order chi connectivity index (χ1) is 5.96. The predicted molar refractivity (Wildman–Crippen MR) is 39.9 cm³/mol. The van der Waals surface area contributed by atoms with Gasteiger partial charge in [-0.15, -0.1) is 0 Å². The van der Waals surface area contributed by atoms with Gasteiger partial charge in [-0.25, -0.2) is 9.59 Å². The number of aromatic nitrogens is 2. The van der Waals surface area contributed by atoms with Crippen molar-refractivity contribution in [2.75, 3.05) is 0 Å². The highest BCUT2D eigenvalue weighted by atomic mass is 16.6. The van der Waals surface area contributed by atoms with Crippen molar-refractivity contribution in [1.82, 2.24) is 10.2 Å². The van der Waals surface area contributed by atoms with E-state index in [0.717, 1.165) is 0 Å². The molecule has 0 radical (unpaired) electrons. The average Bonchev–Trinajstić information content (AvgIpc) is 2.35. The van der Waals surface area contributed by atoms with Crippen LogP contribution in [0.25, 0.3) is 0 Å². The molecule has 8 nitrogen and oxygen atoms in total. The van der Waals surface area contributed by atoms with Gasteiger partial charge in [-0.1, -0.05) is 0 Å². The molecule has 13 heavy (non-hydrogen) atoms. The van der Waals surface area contributed by atoms with Crippen molar-refractivity contribution in [3.05, 3.63) is 18.5 Å². The molecule has 0 unspecified atom stereocenters. The first-order valence-corrected chi connectivity index (χ1v) is 2.74. The summed E-state index contributed by atoms with van der Waals surface area (Å²) in [6, 6.07) is 1.83. The molecule has 5 N–H and O–H groups in total. The molecule has 0 bridgehead atoms. The molecule has 8 heteroatoms. The van der Waals surface area contributed by atoms with Crippen LogP contribution in [0.3, 0.4) is 0 Å². The van der Waals surface area contributed by atoms with Crippen molar-refractivity contribution < 1.29 is 30.0 Å². The molecule has 0 aliphatic carbocycles. The van der Waals surface area contributed by atoms with E-state index in [1.165, 1.54) is 0 Å². The zero-order valence-electron chi connectivity index (χ0n) is 6.28. The topological polar surface area (TPSA) is 144 Å². The van der Waals surface area contributed by atoms with Gasteiger partial charge in [-0.3, -0.25) is 5.10 Å². The molecule has 0 aliphatic rings. The highest BCUT2D eigenvalue weighted by molar-refractivity contribution is 5.53. The van der Waals surface area contributed by atoms with E-state index in [0.29, 0.717) is 0 Å². The fourth-order valence-corrected chi connectivity index (χ4v) is 0.215. The van der Waals surface area contributed by atoms with E-state index < -0.39 is 12.3 Å². The minimum absolute atomic E-state index is 1.69. The van der Waals surface area contributed by atoms with Crippen LogP contribution in [0.1, 0.15) is 0 Å². The molecule has 0 saturated heterocycles. The normalized spacial score (nSPS) is 6.77. The van der Waals surface area contributed by atoms with Gasteiger partial charge >= 0.3 is 12.3 Å². The number of nitrogens with one attached hydrogen (secondary N) is 1. The van der Waals surface area contributed by atoms with E-state index in [4.69, 9.17) is 30.0 Å². The van der Waals surface area contributed by atoms with Gasteiger partial charge in [0.15, 0.2) is 0 Å². The molecule has 0 fully saturated rings. The van der Waals surface area contributed by atoms with E-state index in [9.17, 15) is 0 Å². The Morgan fingerprint density at radius 2 is 1.46 bits per heavy atom. The number of aromatic amines is 1. The van der Waals surface area contributed by atoms with E-state index in [2.05, 4.69) is 10.2 Å². The summed E-state index contributed by atoms with van der Waals surface area (Å²) in [4.78, 5) is 17.1. The molecular formula is C5H8N2O6. The summed E-state index contributed by atoms with van der Waals surface area (Å²) in [6.45, 7) is 0. The average molecular weight is 192 g/mol. The van der Waals surface area contributed by atoms with Crippen molar-refractivity contribution in [2.24, 2.45) is 0 Å². The molecule has 1 rings (SSSR count). The summed E-state index contributed by atoms with van der Waals surface area (Å²) in [7, 11) is 0. The van der Waals surface area contributed by atoms with Crippen molar-refractivity contribution >= 4 is 12.3 Å². The molecule has 0 saturated carbocycles. The number of hydrogen-bond donors (Lipinski definition) is 5. The SMILES string of the molecule is O=C(O)O.O=C(O)O.c1cn[nH]c1. The summed E-state index contributed by atoms with van der Waals surface area (Å²) in [5.74, 6) is 0.